The van der Waals surface area contributed by atoms with Crippen molar-refractivity contribution in [3.63, 3.8) is 0 Å². The number of halogens is 1. The zero-order valence-corrected chi connectivity index (χ0v) is 13.8. The van der Waals surface area contributed by atoms with Crippen LogP contribution in [0.25, 0.3) is 0 Å². The molecule has 0 aliphatic carbocycles. The van der Waals surface area contributed by atoms with Gasteiger partial charge in [0.15, 0.2) is 0 Å². The van der Waals surface area contributed by atoms with Crippen LogP contribution in [0, 0.1) is 0 Å². The molecule has 0 heterocycles. The van der Waals surface area contributed by atoms with E-state index in [2.05, 4.69) is 51.6 Å². The van der Waals surface area contributed by atoms with Crippen LogP contribution in [0.1, 0.15) is 25.7 Å². The molecule has 0 aromatic carbocycles. The lowest BCUT2D eigenvalue weighted by Gasteiger charge is -2.13. The fourth-order valence-electron chi connectivity index (χ4n) is 1.38. The second kappa shape index (κ2) is 16.9. The Bertz CT molecular complexity index is 176. The lowest BCUT2D eigenvalue weighted by molar-refractivity contribution is -0.121. The van der Waals surface area contributed by atoms with Crippen molar-refractivity contribution in [1.29, 1.82) is 0 Å². The van der Waals surface area contributed by atoms with E-state index in [9.17, 15) is 4.79 Å². The van der Waals surface area contributed by atoms with Gasteiger partial charge in [-0.3, -0.25) is 9.52 Å². The smallest absolute Gasteiger partial charge is 0.149 e. The van der Waals surface area contributed by atoms with Crippen LogP contribution in [0.5, 0.6) is 0 Å². The predicted molar refractivity (Wildman–Crippen MR) is 86.5 cm³/mol. The zero-order chi connectivity index (χ0) is 13.5. The summed E-state index contributed by atoms with van der Waals surface area (Å²) in [6.07, 6.45) is 5.63. The van der Waals surface area contributed by atoms with Gasteiger partial charge in [0.25, 0.3) is 0 Å². The fourth-order valence-corrected chi connectivity index (χ4v) is 2.01. The largest absolute Gasteiger partial charge is 0.311 e. The van der Waals surface area contributed by atoms with Crippen LogP contribution < -0.4 is 10.0 Å². The molecule has 0 unspecified atom stereocenters. The van der Waals surface area contributed by atoms with Gasteiger partial charge >= 0.3 is 0 Å². The molecule has 0 aliphatic heterocycles. The first-order chi connectivity index (χ1) is 8.26. The summed E-state index contributed by atoms with van der Waals surface area (Å²) in [5, 5.41) is 3.08. The second-order valence-electron chi connectivity index (χ2n) is 3.45. The molecular formula is C10H23ClN2OS3. The highest BCUT2D eigenvalue weighted by atomic mass is 35.7. The Morgan fingerprint density at radius 2 is 2.06 bits per heavy atom. The number of carbonyl (C=O) groups is 1. The van der Waals surface area contributed by atoms with Gasteiger partial charge in [-0.15, -0.1) is 0 Å². The highest BCUT2D eigenvalue weighted by Crippen LogP contribution is 2.06. The Kier molecular flexibility index (Phi) is 20.2. The van der Waals surface area contributed by atoms with Gasteiger partial charge in [0.05, 0.1) is 6.04 Å². The predicted octanol–water partition coefficient (Wildman–Crippen LogP) is 2.57. The zero-order valence-electron chi connectivity index (χ0n) is 10.4. The van der Waals surface area contributed by atoms with Crippen molar-refractivity contribution in [2.75, 3.05) is 25.6 Å². The van der Waals surface area contributed by atoms with E-state index < -0.39 is 0 Å². The van der Waals surface area contributed by atoms with Crippen LogP contribution in [0.4, 0.5) is 0 Å². The molecule has 0 saturated carbocycles. The number of rotatable bonds is 10. The van der Waals surface area contributed by atoms with Gasteiger partial charge in [0.2, 0.25) is 0 Å². The van der Waals surface area contributed by atoms with E-state index in [1.165, 1.54) is 0 Å². The molecule has 0 spiro atoms. The third-order valence-corrected chi connectivity index (χ3v) is 3.18. The summed E-state index contributed by atoms with van der Waals surface area (Å²) < 4.78 is 2.78. The summed E-state index contributed by atoms with van der Waals surface area (Å²) in [6.45, 7) is 0.866. The van der Waals surface area contributed by atoms with Crippen LogP contribution >= 0.6 is 47.1 Å². The van der Waals surface area contributed by atoms with Gasteiger partial charge in [0, 0.05) is 13.0 Å². The molecule has 0 radical (unpaired) electrons. The SMILES string of the molecule is CN[C@@H](CCSC)C(=O)CCCCNS.SCl. The molecule has 0 bridgehead atoms. The lowest BCUT2D eigenvalue weighted by atomic mass is 10.0. The molecule has 0 aromatic rings. The standard InChI is InChI=1S/C10H22N2OS2.ClHS/c1-11-9(6-8-15-2)10(13)5-3-4-7-12-14;1-2/h9,11-12,14H,3-8H2,1-2H3;2H/t9-;/m0./s1. The van der Waals surface area contributed by atoms with Crippen LogP contribution in [0.3, 0.4) is 0 Å². The van der Waals surface area contributed by atoms with E-state index in [0.717, 1.165) is 31.6 Å². The number of unbranched alkanes of at least 4 members (excludes halogenated alkanes) is 1. The van der Waals surface area contributed by atoms with Gasteiger partial charge in [-0.1, -0.05) is 24.7 Å². The molecule has 104 valence electrons. The van der Waals surface area contributed by atoms with E-state index in [0.29, 0.717) is 12.2 Å². The van der Waals surface area contributed by atoms with Gasteiger partial charge in [-0.25, -0.2) is 0 Å². The maximum atomic E-state index is 11.7. The highest BCUT2D eigenvalue weighted by molar-refractivity contribution is 8.05. The van der Waals surface area contributed by atoms with E-state index in [4.69, 9.17) is 0 Å². The van der Waals surface area contributed by atoms with Crippen molar-refractivity contribution in [3.8, 4) is 0 Å². The van der Waals surface area contributed by atoms with Crippen molar-refractivity contribution < 1.29 is 4.79 Å². The Hall–Kier alpha value is 0.930. The first-order valence-corrected chi connectivity index (χ1v) is 8.68. The van der Waals surface area contributed by atoms with Crippen molar-refractivity contribution in [2.24, 2.45) is 0 Å². The molecule has 0 saturated heterocycles. The maximum absolute atomic E-state index is 11.7. The number of nitrogens with one attached hydrogen (secondary N) is 2. The monoisotopic (exact) mass is 318 g/mol. The van der Waals surface area contributed by atoms with E-state index in [1.54, 1.807) is 11.8 Å². The van der Waals surface area contributed by atoms with Gasteiger partial charge in [-0.05, 0) is 49.0 Å². The molecule has 0 fully saturated rings. The lowest BCUT2D eigenvalue weighted by Crippen LogP contribution is -2.34. The maximum Gasteiger partial charge on any atom is 0.149 e. The van der Waals surface area contributed by atoms with Crippen molar-refractivity contribution in [3.05, 3.63) is 0 Å². The quantitative estimate of drug-likeness (QED) is 0.369. The number of Topliss-reactive ketones (excluding diaryl/α,β-unsaturated/α-hetero) is 1. The number of hydrogen-bond acceptors (Lipinski definition) is 6. The number of hydrogen-bond donors (Lipinski definition) is 4. The molecule has 0 aliphatic rings. The molecule has 7 heteroatoms. The Labute approximate surface area is 125 Å². The second-order valence-corrected chi connectivity index (χ2v) is 4.76. The number of ketones is 1. The van der Waals surface area contributed by atoms with Crippen LogP contribution in [-0.4, -0.2) is 37.4 Å². The molecule has 1 atom stereocenters. The van der Waals surface area contributed by atoms with Gasteiger partial charge in [-0.2, -0.15) is 11.8 Å². The van der Waals surface area contributed by atoms with Crippen LogP contribution in [0.2, 0.25) is 0 Å². The summed E-state index contributed by atoms with van der Waals surface area (Å²) in [5.74, 6) is 1.38. The third kappa shape index (κ3) is 13.2. The summed E-state index contributed by atoms with van der Waals surface area (Å²) in [5.41, 5.74) is 0. The molecule has 3 nitrogen and oxygen atoms in total. The average Bonchev–Trinajstić information content (AvgIpc) is 2.38. The molecule has 2 N–H and O–H groups in total. The summed E-state index contributed by atoms with van der Waals surface area (Å²) in [7, 11) is 6.19. The Morgan fingerprint density at radius 1 is 1.41 bits per heavy atom. The molecule has 0 rings (SSSR count). The average molecular weight is 319 g/mol. The van der Waals surface area contributed by atoms with E-state index in [1.807, 2.05) is 7.05 Å². The van der Waals surface area contributed by atoms with Crippen molar-refractivity contribution in [1.82, 2.24) is 10.0 Å². The summed E-state index contributed by atoms with van der Waals surface area (Å²) >= 11 is 8.68. The topological polar surface area (TPSA) is 41.1 Å². The van der Waals surface area contributed by atoms with E-state index in [-0.39, 0.29) is 6.04 Å². The normalized spacial score (nSPS) is 11.6. The molecule has 17 heavy (non-hydrogen) atoms. The van der Waals surface area contributed by atoms with Crippen LogP contribution in [-0.2, 0) is 4.79 Å². The first kappa shape index (κ1) is 20.3. The summed E-state index contributed by atoms with van der Waals surface area (Å²) in [6, 6.07) is 0.0430. The minimum absolute atomic E-state index is 0.0430. The van der Waals surface area contributed by atoms with Crippen molar-refractivity contribution in [2.45, 2.75) is 31.7 Å². The Balaban J connectivity index is 0. The van der Waals surface area contributed by atoms with E-state index >= 15 is 0 Å². The minimum atomic E-state index is 0.0430. The summed E-state index contributed by atoms with van der Waals surface area (Å²) in [4.78, 5) is 11.7. The number of carbonyl (C=O) groups excluding carboxylic acids is 1. The van der Waals surface area contributed by atoms with Crippen LogP contribution in [0.15, 0.2) is 0 Å². The molecule has 0 amide bonds. The minimum Gasteiger partial charge on any atom is -0.311 e. The number of thiol groups is 2. The van der Waals surface area contributed by atoms with Crippen molar-refractivity contribution >= 4 is 52.9 Å². The van der Waals surface area contributed by atoms with Gasteiger partial charge < -0.3 is 5.32 Å². The number of thioether (sulfide) groups is 1. The molecular weight excluding hydrogens is 296 g/mol. The fraction of sp³-hybridized carbons (Fsp3) is 0.900. The highest BCUT2D eigenvalue weighted by Gasteiger charge is 2.14. The third-order valence-electron chi connectivity index (χ3n) is 2.31. The number of likely N-dealkylation sites (N-methyl/N-ethyl adjacent to an activating group) is 1. The molecule has 0 aromatic heterocycles. The first-order valence-electron chi connectivity index (χ1n) is 5.49. The Morgan fingerprint density at radius 3 is 2.53 bits per heavy atom. The van der Waals surface area contributed by atoms with Gasteiger partial charge in [0.1, 0.15) is 5.78 Å².